The van der Waals surface area contributed by atoms with Gasteiger partial charge < -0.3 is 0 Å². The molecular weight excluding hydrogens is 145 g/mol. The number of hydrogen-bond donors (Lipinski definition) is 1. The predicted molar refractivity (Wildman–Crippen MR) is 37.8 cm³/mol. The first-order valence-corrected chi connectivity index (χ1v) is 3.02. The normalized spacial score (nSPS) is 11.6. The fourth-order valence-corrected chi connectivity index (χ4v) is 0.536. The van der Waals surface area contributed by atoms with E-state index >= 15 is 0 Å². The van der Waals surface area contributed by atoms with Crippen LogP contribution in [0.25, 0.3) is 0 Å². The van der Waals surface area contributed by atoms with E-state index in [2.05, 4.69) is 0 Å². The smallest absolute Gasteiger partial charge is 0.121 e. The third-order valence-corrected chi connectivity index (χ3v) is 1.11. The van der Waals surface area contributed by atoms with E-state index in [0.717, 1.165) is 6.42 Å². The maximum absolute atomic E-state index is 6.73. The van der Waals surface area contributed by atoms with E-state index in [-0.39, 0.29) is 5.17 Å². The highest BCUT2D eigenvalue weighted by molar-refractivity contribution is 6.68. The van der Waals surface area contributed by atoms with E-state index in [1.54, 1.807) is 0 Å². The number of hydrogen-bond acceptors (Lipinski definition) is 1. The van der Waals surface area contributed by atoms with Crippen molar-refractivity contribution >= 4 is 28.4 Å². The maximum Gasteiger partial charge on any atom is 0.121 e. The highest BCUT2D eigenvalue weighted by Gasteiger charge is 1.86. The molecule has 8 heavy (non-hydrogen) atoms. The van der Waals surface area contributed by atoms with Crippen LogP contribution in [0, 0.1) is 5.41 Å². The molecule has 0 heterocycles. The Hall–Kier alpha value is -0.0100. The molecule has 0 atom stereocenters. The SMILES string of the molecule is CCC(Cl)=CC(=N)Cl. The summed E-state index contributed by atoms with van der Waals surface area (Å²) in [6.07, 6.45) is 2.15. The number of rotatable bonds is 2. The zero-order valence-electron chi connectivity index (χ0n) is 4.54. The Bertz CT molecular complexity index is 118. The van der Waals surface area contributed by atoms with Crippen LogP contribution in [0.3, 0.4) is 0 Å². The summed E-state index contributed by atoms with van der Waals surface area (Å²) in [5, 5.41) is 7.33. The summed E-state index contributed by atoms with van der Waals surface area (Å²) in [6, 6.07) is 0. The highest BCUT2D eigenvalue weighted by Crippen LogP contribution is 2.05. The van der Waals surface area contributed by atoms with Crippen molar-refractivity contribution in [3.05, 3.63) is 11.1 Å². The number of nitrogens with one attached hydrogen (secondary N) is 1. The molecule has 0 aromatic rings. The molecule has 1 nitrogen and oxygen atoms in total. The molecule has 0 spiro atoms. The minimum atomic E-state index is -0.0168. The molecule has 0 radical (unpaired) electrons. The van der Waals surface area contributed by atoms with Gasteiger partial charge in [-0.15, -0.1) is 0 Å². The average Bonchev–Trinajstić information content (AvgIpc) is 1.65. The quantitative estimate of drug-likeness (QED) is 0.588. The molecule has 0 aromatic carbocycles. The Morgan fingerprint density at radius 2 is 2.12 bits per heavy atom. The van der Waals surface area contributed by atoms with Gasteiger partial charge in [-0.1, -0.05) is 30.1 Å². The summed E-state index contributed by atoms with van der Waals surface area (Å²) in [5.41, 5.74) is 0. The second-order valence-electron chi connectivity index (χ2n) is 1.29. The summed E-state index contributed by atoms with van der Waals surface area (Å²) in [6.45, 7) is 1.90. The van der Waals surface area contributed by atoms with Gasteiger partial charge in [0.1, 0.15) is 5.17 Å². The van der Waals surface area contributed by atoms with Gasteiger partial charge in [0, 0.05) is 5.03 Å². The second kappa shape index (κ2) is 3.93. The van der Waals surface area contributed by atoms with Crippen molar-refractivity contribution in [1.29, 1.82) is 5.41 Å². The number of allylic oxidation sites excluding steroid dienone is 2. The van der Waals surface area contributed by atoms with Gasteiger partial charge in [-0.05, 0) is 12.5 Å². The molecule has 0 saturated heterocycles. The standard InChI is InChI=1S/C5H7Cl2N/c1-2-4(6)3-5(7)8/h3,8H,2H2,1H3. The third-order valence-electron chi connectivity index (χ3n) is 0.621. The Morgan fingerprint density at radius 1 is 1.62 bits per heavy atom. The molecule has 3 heteroatoms. The highest BCUT2D eigenvalue weighted by atomic mass is 35.5. The summed E-state index contributed by atoms with van der Waals surface area (Å²) in [5.74, 6) is 0. The Labute approximate surface area is 58.8 Å². The lowest BCUT2D eigenvalue weighted by molar-refractivity contribution is 1.20. The van der Waals surface area contributed by atoms with Crippen LogP contribution >= 0.6 is 23.2 Å². The lowest BCUT2D eigenvalue weighted by Gasteiger charge is -1.86. The van der Waals surface area contributed by atoms with Gasteiger partial charge in [0.25, 0.3) is 0 Å². The summed E-state index contributed by atoms with van der Waals surface area (Å²) >= 11 is 10.7. The molecule has 0 unspecified atom stereocenters. The topological polar surface area (TPSA) is 23.9 Å². The van der Waals surface area contributed by atoms with Crippen LogP contribution < -0.4 is 0 Å². The largest absolute Gasteiger partial charge is 0.289 e. The summed E-state index contributed by atoms with van der Waals surface area (Å²) in [7, 11) is 0. The van der Waals surface area contributed by atoms with Gasteiger partial charge in [0.15, 0.2) is 0 Å². The molecule has 0 saturated carbocycles. The Kier molecular flexibility index (Phi) is 3.92. The van der Waals surface area contributed by atoms with Crippen molar-refractivity contribution in [3.8, 4) is 0 Å². The minimum Gasteiger partial charge on any atom is -0.289 e. The zero-order valence-corrected chi connectivity index (χ0v) is 6.05. The van der Waals surface area contributed by atoms with Crippen molar-refractivity contribution in [3.63, 3.8) is 0 Å². The average molecular weight is 152 g/mol. The summed E-state index contributed by atoms with van der Waals surface area (Å²) in [4.78, 5) is 0. The molecule has 46 valence electrons. The van der Waals surface area contributed by atoms with Gasteiger partial charge in [-0.25, -0.2) is 0 Å². The lowest BCUT2D eigenvalue weighted by Crippen LogP contribution is -1.75. The monoisotopic (exact) mass is 151 g/mol. The zero-order chi connectivity index (χ0) is 6.57. The van der Waals surface area contributed by atoms with Gasteiger partial charge in [0.05, 0.1) is 0 Å². The first-order valence-electron chi connectivity index (χ1n) is 2.27. The minimum absolute atomic E-state index is 0.0168. The molecule has 0 fully saturated rings. The molecular formula is C5H7Cl2N. The Morgan fingerprint density at radius 3 is 2.25 bits per heavy atom. The van der Waals surface area contributed by atoms with E-state index in [1.807, 2.05) is 6.92 Å². The second-order valence-corrected chi connectivity index (χ2v) is 2.19. The van der Waals surface area contributed by atoms with E-state index in [4.69, 9.17) is 28.6 Å². The molecule has 0 aromatic heterocycles. The molecule has 0 bridgehead atoms. The van der Waals surface area contributed by atoms with E-state index < -0.39 is 0 Å². The first-order chi connectivity index (χ1) is 3.66. The predicted octanol–water partition coefficient (Wildman–Crippen LogP) is 2.74. The van der Waals surface area contributed by atoms with Crippen LogP contribution in [-0.4, -0.2) is 5.17 Å². The van der Waals surface area contributed by atoms with Crippen molar-refractivity contribution in [2.75, 3.05) is 0 Å². The van der Waals surface area contributed by atoms with Crippen molar-refractivity contribution < 1.29 is 0 Å². The fraction of sp³-hybridized carbons (Fsp3) is 0.400. The molecule has 0 aliphatic heterocycles. The molecule has 0 amide bonds. The van der Waals surface area contributed by atoms with Crippen LogP contribution in [0.15, 0.2) is 11.1 Å². The van der Waals surface area contributed by atoms with Gasteiger partial charge >= 0.3 is 0 Å². The molecule has 1 N–H and O–H groups in total. The first kappa shape index (κ1) is 7.99. The Balaban J connectivity index is 3.75. The van der Waals surface area contributed by atoms with Gasteiger partial charge in [0.2, 0.25) is 0 Å². The van der Waals surface area contributed by atoms with Crippen LogP contribution in [0.1, 0.15) is 13.3 Å². The number of halogens is 2. The summed E-state index contributed by atoms with van der Waals surface area (Å²) < 4.78 is 0. The van der Waals surface area contributed by atoms with Crippen LogP contribution in [0.4, 0.5) is 0 Å². The third kappa shape index (κ3) is 4.16. The lowest BCUT2D eigenvalue weighted by atomic mass is 10.4. The maximum atomic E-state index is 6.73. The van der Waals surface area contributed by atoms with Crippen molar-refractivity contribution in [1.82, 2.24) is 0 Å². The van der Waals surface area contributed by atoms with Crippen LogP contribution in [0.5, 0.6) is 0 Å². The van der Waals surface area contributed by atoms with E-state index in [1.165, 1.54) is 6.08 Å². The van der Waals surface area contributed by atoms with Crippen LogP contribution in [0.2, 0.25) is 0 Å². The molecule has 0 aliphatic carbocycles. The fourth-order valence-electron chi connectivity index (χ4n) is 0.240. The van der Waals surface area contributed by atoms with E-state index in [0.29, 0.717) is 5.03 Å². The van der Waals surface area contributed by atoms with Crippen molar-refractivity contribution in [2.24, 2.45) is 0 Å². The molecule has 0 aliphatic rings. The van der Waals surface area contributed by atoms with Gasteiger partial charge in [-0.3, -0.25) is 5.41 Å². The molecule has 0 rings (SSSR count). The van der Waals surface area contributed by atoms with Crippen LogP contribution in [-0.2, 0) is 0 Å². The van der Waals surface area contributed by atoms with E-state index in [9.17, 15) is 0 Å². The van der Waals surface area contributed by atoms with Crippen molar-refractivity contribution in [2.45, 2.75) is 13.3 Å². The van der Waals surface area contributed by atoms with Gasteiger partial charge in [-0.2, -0.15) is 0 Å².